The molecule has 0 radical (unpaired) electrons. The van der Waals surface area contributed by atoms with E-state index in [-0.39, 0.29) is 36.2 Å². The number of carbonyl (C=O) groups excluding carboxylic acids is 2. The third-order valence-corrected chi connectivity index (χ3v) is 5.09. The fourth-order valence-corrected chi connectivity index (χ4v) is 3.77. The molecule has 2 aromatic carbocycles. The number of halogens is 1. The first-order valence-corrected chi connectivity index (χ1v) is 8.88. The maximum absolute atomic E-state index is 13.7. The van der Waals surface area contributed by atoms with Gasteiger partial charge in [0.25, 0.3) is 0 Å². The largest absolute Gasteiger partial charge is 0.502 e. The van der Waals surface area contributed by atoms with Crippen LogP contribution in [0.25, 0.3) is 0 Å². The van der Waals surface area contributed by atoms with E-state index in [0.29, 0.717) is 22.5 Å². The molecule has 8 heteroatoms. The third kappa shape index (κ3) is 3.06. The molecule has 0 bridgehead atoms. The van der Waals surface area contributed by atoms with Crippen LogP contribution < -0.4 is 14.4 Å². The summed E-state index contributed by atoms with van der Waals surface area (Å²) in [5, 5.41) is 10.2. The van der Waals surface area contributed by atoms with Gasteiger partial charge in [-0.1, -0.05) is 6.07 Å². The first-order chi connectivity index (χ1) is 13.9. The summed E-state index contributed by atoms with van der Waals surface area (Å²) < 4.78 is 29.3. The van der Waals surface area contributed by atoms with E-state index in [2.05, 4.69) is 0 Å². The Balaban J connectivity index is 1.85. The van der Waals surface area contributed by atoms with Crippen molar-refractivity contribution in [1.82, 2.24) is 0 Å². The van der Waals surface area contributed by atoms with Crippen molar-refractivity contribution in [2.24, 2.45) is 0 Å². The maximum Gasteiger partial charge on any atom is 0.336 e. The third-order valence-electron chi connectivity index (χ3n) is 5.09. The number of anilines is 1. The summed E-state index contributed by atoms with van der Waals surface area (Å²) >= 11 is 0. The molecule has 0 spiro atoms. The standard InChI is InChI=1S/C21H18FNO6/c1-27-16-6-11(7-17(28-2)20(16)25)14-9-18(24)23(13-5-3-4-12(22)8-13)15-10-29-21(26)19(14)15/h3-8,14,25H,9-10H2,1-2H3. The highest BCUT2D eigenvalue weighted by Crippen LogP contribution is 2.46. The van der Waals surface area contributed by atoms with Gasteiger partial charge >= 0.3 is 5.97 Å². The lowest BCUT2D eigenvalue weighted by molar-refractivity contribution is -0.136. The summed E-state index contributed by atoms with van der Waals surface area (Å²) in [6.07, 6.45) is -0.0401. The van der Waals surface area contributed by atoms with Gasteiger partial charge in [-0.25, -0.2) is 9.18 Å². The Kier molecular flexibility index (Phi) is 4.62. The molecule has 1 amide bonds. The highest BCUT2D eigenvalue weighted by Gasteiger charge is 2.43. The van der Waals surface area contributed by atoms with E-state index in [1.807, 2.05) is 0 Å². The molecule has 0 saturated carbocycles. The van der Waals surface area contributed by atoms with E-state index < -0.39 is 17.7 Å². The average molecular weight is 399 g/mol. The van der Waals surface area contributed by atoms with Crippen LogP contribution in [-0.2, 0) is 14.3 Å². The van der Waals surface area contributed by atoms with Crippen LogP contribution in [0.3, 0.4) is 0 Å². The monoisotopic (exact) mass is 399 g/mol. The number of hydrogen-bond acceptors (Lipinski definition) is 6. The second-order valence-corrected chi connectivity index (χ2v) is 6.68. The number of esters is 1. The Labute approximate surface area is 165 Å². The fraction of sp³-hybridized carbons (Fsp3) is 0.238. The average Bonchev–Trinajstić information content (AvgIpc) is 3.09. The van der Waals surface area contributed by atoms with Crippen LogP contribution in [0.15, 0.2) is 47.7 Å². The molecule has 29 heavy (non-hydrogen) atoms. The number of phenols is 1. The molecule has 2 aliphatic heterocycles. The SMILES string of the molecule is COc1cc(C2CC(=O)N(c3cccc(F)c3)C3=C2C(=O)OC3)cc(OC)c1O. The Morgan fingerprint density at radius 3 is 2.45 bits per heavy atom. The lowest BCUT2D eigenvalue weighted by atomic mass is 9.83. The predicted octanol–water partition coefficient (Wildman–Crippen LogP) is 2.88. The number of amides is 1. The molecule has 1 N–H and O–H groups in total. The fourth-order valence-electron chi connectivity index (χ4n) is 3.77. The molecule has 1 unspecified atom stereocenters. The molecule has 2 aliphatic rings. The van der Waals surface area contributed by atoms with Crippen LogP contribution in [0, 0.1) is 5.82 Å². The van der Waals surface area contributed by atoms with Crippen LogP contribution in [-0.4, -0.2) is 37.8 Å². The zero-order valence-corrected chi connectivity index (χ0v) is 15.8. The van der Waals surface area contributed by atoms with Crippen molar-refractivity contribution in [3.63, 3.8) is 0 Å². The van der Waals surface area contributed by atoms with Crippen LogP contribution >= 0.6 is 0 Å². The number of ether oxygens (including phenoxy) is 3. The number of hydrogen-bond donors (Lipinski definition) is 1. The minimum atomic E-state index is -0.610. The Hall–Kier alpha value is -3.55. The van der Waals surface area contributed by atoms with Gasteiger partial charge in [0.2, 0.25) is 11.7 Å². The van der Waals surface area contributed by atoms with Gasteiger partial charge in [-0.15, -0.1) is 0 Å². The number of rotatable bonds is 4. The van der Waals surface area contributed by atoms with E-state index >= 15 is 0 Å². The van der Waals surface area contributed by atoms with E-state index in [1.54, 1.807) is 18.2 Å². The second-order valence-electron chi connectivity index (χ2n) is 6.68. The number of nitrogens with zero attached hydrogens (tertiary/aromatic N) is 1. The van der Waals surface area contributed by atoms with Crippen LogP contribution in [0.4, 0.5) is 10.1 Å². The topological polar surface area (TPSA) is 85.3 Å². The summed E-state index contributed by atoms with van der Waals surface area (Å²) in [7, 11) is 2.79. The summed E-state index contributed by atoms with van der Waals surface area (Å²) in [6.45, 7) is -0.0841. The summed E-state index contributed by atoms with van der Waals surface area (Å²) in [5.41, 5.74) is 1.60. The van der Waals surface area contributed by atoms with Gasteiger partial charge in [0.1, 0.15) is 12.4 Å². The van der Waals surface area contributed by atoms with Gasteiger partial charge in [-0.3, -0.25) is 9.69 Å². The minimum absolute atomic E-state index is 0.0401. The van der Waals surface area contributed by atoms with Crippen molar-refractivity contribution < 1.29 is 33.3 Å². The molecular weight excluding hydrogens is 381 g/mol. The van der Waals surface area contributed by atoms with Crippen molar-refractivity contribution in [2.75, 3.05) is 25.7 Å². The second kappa shape index (κ2) is 7.12. The predicted molar refractivity (Wildman–Crippen MR) is 100 cm³/mol. The zero-order valence-electron chi connectivity index (χ0n) is 15.8. The van der Waals surface area contributed by atoms with Crippen LogP contribution in [0.5, 0.6) is 17.2 Å². The highest BCUT2D eigenvalue weighted by molar-refractivity contribution is 6.06. The lowest BCUT2D eigenvalue weighted by Gasteiger charge is -2.32. The first kappa shape index (κ1) is 18.8. The summed E-state index contributed by atoms with van der Waals surface area (Å²) in [6, 6.07) is 8.73. The minimum Gasteiger partial charge on any atom is -0.502 e. The molecule has 4 rings (SSSR count). The highest BCUT2D eigenvalue weighted by atomic mass is 19.1. The van der Waals surface area contributed by atoms with Crippen molar-refractivity contribution in [3.8, 4) is 17.2 Å². The number of carbonyl (C=O) groups is 2. The first-order valence-electron chi connectivity index (χ1n) is 8.88. The quantitative estimate of drug-likeness (QED) is 0.796. The number of methoxy groups -OCH3 is 2. The van der Waals surface area contributed by atoms with Crippen LogP contribution in [0.1, 0.15) is 17.9 Å². The number of benzene rings is 2. The van der Waals surface area contributed by atoms with Gasteiger partial charge in [0.05, 0.1) is 31.2 Å². The van der Waals surface area contributed by atoms with Crippen molar-refractivity contribution >= 4 is 17.6 Å². The van der Waals surface area contributed by atoms with Gasteiger partial charge in [-0.2, -0.15) is 0 Å². The van der Waals surface area contributed by atoms with E-state index in [4.69, 9.17) is 14.2 Å². The van der Waals surface area contributed by atoms with Crippen molar-refractivity contribution in [1.29, 1.82) is 0 Å². The normalized spacial score (nSPS) is 18.6. The summed E-state index contributed by atoms with van der Waals surface area (Å²) in [4.78, 5) is 26.8. The van der Waals surface area contributed by atoms with Crippen molar-refractivity contribution in [3.05, 3.63) is 59.0 Å². The van der Waals surface area contributed by atoms with Crippen molar-refractivity contribution in [2.45, 2.75) is 12.3 Å². The van der Waals surface area contributed by atoms with E-state index in [9.17, 15) is 19.1 Å². The Morgan fingerprint density at radius 1 is 1.14 bits per heavy atom. The number of phenolic OH excluding ortho intramolecular Hbond substituents is 1. The van der Waals surface area contributed by atoms with Gasteiger partial charge < -0.3 is 19.3 Å². The van der Waals surface area contributed by atoms with Gasteiger partial charge in [0, 0.05) is 12.3 Å². The van der Waals surface area contributed by atoms with Gasteiger partial charge in [0.15, 0.2) is 11.5 Å². The number of cyclic esters (lactones) is 1. The molecule has 0 aromatic heterocycles. The maximum atomic E-state index is 13.7. The lowest BCUT2D eigenvalue weighted by Crippen LogP contribution is -2.37. The van der Waals surface area contributed by atoms with Gasteiger partial charge in [-0.05, 0) is 35.9 Å². The molecule has 2 aromatic rings. The molecule has 7 nitrogen and oxygen atoms in total. The molecular formula is C21H18FNO6. The molecule has 2 heterocycles. The molecule has 0 fully saturated rings. The smallest absolute Gasteiger partial charge is 0.336 e. The van der Waals surface area contributed by atoms with Crippen LogP contribution in [0.2, 0.25) is 0 Å². The molecule has 1 atom stereocenters. The van der Waals surface area contributed by atoms with E-state index in [1.165, 1.54) is 37.3 Å². The summed E-state index contributed by atoms with van der Waals surface area (Å²) in [5.74, 6) is -1.79. The Morgan fingerprint density at radius 2 is 1.83 bits per heavy atom. The molecule has 0 aliphatic carbocycles. The molecule has 150 valence electrons. The number of aromatic hydroxyl groups is 1. The zero-order chi connectivity index (χ0) is 20.7. The van der Waals surface area contributed by atoms with E-state index in [0.717, 1.165) is 0 Å². The Bertz CT molecular complexity index is 1020. The molecule has 0 saturated heterocycles.